The van der Waals surface area contributed by atoms with E-state index in [1.165, 1.54) is 23.5 Å². The number of anilines is 1. The number of nitrogens with zero attached hydrogens (tertiary/aromatic N) is 1. The maximum Gasteiger partial charge on any atom is 0.339 e. The van der Waals surface area contributed by atoms with E-state index in [2.05, 4.69) is 10.3 Å². The lowest BCUT2D eigenvalue weighted by Gasteiger charge is -2.05. The van der Waals surface area contributed by atoms with Gasteiger partial charge < -0.3 is 21.3 Å². The van der Waals surface area contributed by atoms with Crippen molar-refractivity contribution in [3.8, 4) is 5.75 Å². The summed E-state index contributed by atoms with van der Waals surface area (Å²) in [5, 5.41) is 23.0. The van der Waals surface area contributed by atoms with E-state index in [9.17, 15) is 14.7 Å². The number of aromatic hydroxyl groups is 1. The Morgan fingerprint density at radius 2 is 2.15 bits per heavy atom. The second-order valence-corrected chi connectivity index (χ2v) is 4.76. The van der Waals surface area contributed by atoms with Gasteiger partial charge in [0, 0.05) is 23.7 Å². The molecule has 0 bridgehead atoms. The topological polar surface area (TPSA) is 126 Å². The molecule has 0 saturated heterocycles. The fraction of sp³-hybridized carbons (Fsp3) is 0.0833. The van der Waals surface area contributed by atoms with Gasteiger partial charge in [0.1, 0.15) is 22.0 Å². The summed E-state index contributed by atoms with van der Waals surface area (Å²) in [5.41, 5.74) is 5.67. The minimum atomic E-state index is -1.24. The first kappa shape index (κ1) is 14.0. The minimum Gasteiger partial charge on any atom is -0.507 e. The Kier molecular flexibility index (Phi) is 3.97. The number of thiazole rings is 1. The maximum absolute atomic E-state index is 11.9. The van der Waals surface area contributed by atoms with Gasteiger partial charge in [0.25, 0.3) is 5.91 Å². The van der Waals surface area contributed by atoms with E-state index >= 15 is 0 Å². The number of aromatic carboxylic acids is 1. The van der Waals surface area contributed by atoms with Gasteiger partial charge in [-0.25, -0.2) is 9.78 Å². The third-order valence-electron chi connectivity index (χ3n) is 2.45. The first-order valence-electron chi connectivity index (χ1n) is 5.53. The summed E-state index contributed by atoms with van der Waals surface area (Å²) in [5.74, 6) is -2.12. The lowest BCUT2D eigenvalue weighted by molar-refractivity contribution is 0.0693. The Labute approximate surface area is 117 Å². The van der Waals surface area contributed by atoms with Gasteiger partial charge in [-0.1, -0.05) is 0 Å². The number of amides is 1. The smallest absolute Gasteiger partial charge is 0.339 e. The Morgan fingerprint density at radius 3 is 2.70 bits per heavy atom. The number of hydrogen-bond acceptors (Lipinski definition) is 6. The molecule has 0 radical (unpaired) electrons. The van der Waals surface area contributed by atoms with Gasteiger partial charge in [0.2, 0.25) is 0 Å². The Hall–Kier alpha value is -2.45. The van der Waals surface area contributed by atoms with Gasteiger partial charge in [0.15, 0.2) is 0 Å². The molecule has 0 atom stereocenters. The summed E-state index contributed by atoms with van der Waals surface area (Å²) in [6, 6.07) is 3.76. The maximum atomic E-state index is 11.9. The predicted octanol–water partition coefficient (Wildman–Crippen LogP) is 1.26. The molecule has 1 amide bonds. The van der Waals surface area contributed by atoms with Crippen LogP contribution in [0.2, 0.25) is 0 Å². The highest BCUT2D eigenvalue weighted by molar-refractivity contribution is 7.09. The Bertz CT molecular complexity index is 668. The molecular weight excluding hydrogens is 282 g/mol. The highest BCUT2D eigenvalue weighted by atomic mass is 32.1. The van der Waals surface area contributed by atoms with Crippen molar-refractivity contribution in [3.63, 3.8) is 0 Å². The number of nitrogens with two attached hydrogens (primary N) is 1. The number of benzene rings is 1. The summed E-state index contributed by atoms with van der Waals surface area (Å²) < 4.78 is 0. The zero-order chi connectivity index (χ0) is 14.7. The molecule has 7 nitrogen and oxygen atoms in total. The van der Waals surface area contributed by atoms with Crippen LogP contribution in [0, 0.1) is 0 Å². The zero-order valence-electron chi connectivity index (χ0n) is 10.2. The number of rotatable bonds is 4. The standard InChI is InChI=1S/C12H11N3O4S/c13-4-10-15-8(5-20-10)11(17)14-6-1-2-7(12(18)19)9(16)3-6/h1-3,5,16H,4,13H2,(H,14,17)(H,18,19). The molecule has 0 saturated carbocycles. The minimum absolute atomic E-state index is 0.220. The summed E-state index contributed by atoms with van der Waals surface area (Å²) in [6.45, 7) is 0.256. The number of carboxylic acid groups (broad SMARTS) is 1. The molecule has 1 aromatic heterocycles. The van der Waals surface area contributed by atoms with Crippen LogP contribution >= 0.6 is 11.3 Å². The van der Waals surface area contributed by atoms with Crippen molar-refractivity contribution >= 4 is 28.9 Å². The van der Waals surface area contributed by atoms with Crippen LogP contribution in [-0.2, 0) is 6.54 Å². The number of carbonyl (C=O) groups is 2. The highest BCUT2D eigenvalue weighted by Crippen LogP contribution is 2.22. The lowest BCUT2D eigenvalue weighted by atomic mass is 10.2. The van der Waals surface area contributed by atoms with Crippen molar-refractivity contribution in [2.75, 3.05) is 5.32 Å². The van der Waals surface area contributed by atoms with E-state index in [1.807, 2.05) is 0 Å². The first-order chi connectivity index (χ1) is 9.51. The molecule has 8 heteroatoms. The van der Waals surface area contributed by atoms with Crippen molar-refractivity contribution in [2.45, 2.75) is 6.54 Å². The number of phenols is 1. The van der Waals surface area contributed by atoms with Crippen LogP contribution in [0.1, 0.15) is 25.9 Å². The molecule has 5 N–H and O–H groups in total. The van der Waals surface area contributed by atoms with E-state index in [1.54, 1.807) is 5.38 Å². The molecule has 20 heavy (non-hydrogen) atoms. The monoisotopic (exact) mass is 293 g/mol. The van der Waals surface area contributed by atoms with E-state index in [0.29, 0.717) is 5.01 Å². The second-order valence-electron chi connectivity index (χ2n) is 3.82. The van der Waals surface area contributed by atoms with Crippen molar-refractivity contribution < 1.29 is 19.8 Å². The Morgan fingerprint density at radius 1 is 1.40 bits per heavy atom. The molecule has 2 rings (SSSR count). The summed E-state index contributed by atoms with van der Waals surface area (Å²) in [7, 11) is 0. The van der Waals surface area contributed by atoms with E-state index in [-0.39, 0.29) is 23.5 Å². The van der Waals surface area contributed by atoms with Crippen LogP contribution in [-0.4, -0.2) is 27.1 Å². The fourth-order valence-corrected chi connectivity index (χ4v) is 2.15. The summed E-state index contributed by atoms with van der Waals surface area (Å²) in [4.78, 5) is 26.6. The molecule has 0 fully saturated rings. The molecule has 0 aliphatic carbocycles. The quantitative estimate of drug-likeness (QED) is 0.672. The van der Waals surface area contributed by atoms with Gasteiger partial charge in [-0.15, -0.1) is 11.3 Å². The van der Waals surface area contributed by atoms with Crippen molar-refractivity contribution in [2.24, 2.45) is 5.73 Å². The predicted molar refractivity (Wildman–Crippen MR) is 73.0 cm³/mol. The van der Waals surface area contributed by atoms with Gasteiger partial charge in [-0.2, -0.15) is 0 Å². The number of carbonyl (C=O) groups excluding carboxylic acids is 1. The van der Waals surface area contributed by atoms with Gasteiger partial charge in [-0.3, -0.25) is 4.79 Å². The molecule has 104 valence electrons. The summed E-state index contributed by atoms with van der Waals surface area (Å²) >= 11 is 1.27. The molecule has 1 heterocycles. The first-order valence-corrected chi connectivity index (χ1v) is 6.41. The summed E-state index contributed by atoms with van der Waals surface area (Å²) in [6.07, 6.45) is 0. The van der Waals surface area contributed by atoms with Crippen LogP contribution in [0.5, 0.6) is 5.75 Å². The molecule has 1 aromatic carbocycles. The van der Waals surface area contributed by atoms with E-state index < -0.39 is 17.6 Å². The molecular formula is C12H11N3O4S. The van der Waals surface area contributed by atoms with Gasteiger partial charge >= 0.3 is 5.97 Å². The van der Waals surface area contributed by atoms with E-state index in [0.717, 1.165) is 6.07 Å². The third kappa shape index (κ3) is 2.92. The Balaban J connectivity index is 2.15. The van der Waals surface area contributed by atoms with Gasteiger partial charge in [-0.05, 0) is 12.1 Å². The highest BCUT2D eigenvalue weighted by Gasteiger charge is 2.13. The molecule has 2 aromatic rings. The number of aromatic nitrogens is 1. The molecule has 0 aliphatic rings. The fourth-order valence-electron chi connectivity index (χ4n) is 1.49. The van der Waals surface area contributed by atoms with Crippen LogP contribution in [0.15, 0.2) is 23.6 Å². The number of carboxylic acids is 1. The molecule has 0 aliphatic heterocycles. The van der Waals surface area contributed by atoms with Crippen molar-refractivity contribution in [1.29, 1.82) is 0 Å². The second kappa shape index (κ2) is 5.68. The number of hydrogen-bond donors (Lipinski definition) is 4. The molecule has 0 spiro atoms. The number of nitrogens with one attached hydrogen (secondary N) is 1. The SMILES string of the molecule is NCc1nc(C(=O)Nc2ccc(C(=O)O)c(O)c2)cs1. The largest absolute Gasteiger partial charge is 0.507 e. The van der Waals surface area contributed by atoms with Crippen LogP contribution in [0.3, 0.4) is 0 Å². The van der Waals surface area contributed by atoms with Crippen LogP contribution in [0.25, 0.3) is 0 Å². The average Bonchev–Trinajstić information content (AvgIpc) is 2.87. The van der Waals surface area contributed by atoms with Crippen molar-refractivity contribution in [1.82, 2.24) is 4.98 Å². The third-order valence-corrected chi connectivity index (χ3v) is 3.32. The molecule has 0 unspecified atom stereocenters. The van der Waals surface area contributed by atoms with Gasteiger partial charge in [0.05, 0.1) is 0 Å². The van der Waals surface area contributed by atoms with E-state index in [4.69, 9.17) is 10.8 Å². The lowest BCUT2D eigenvalue weighted by Crippen LogP contribution is -2.13. The average molecular weight is 293 g/mol. The van der Waals surface area contributed by atoms with Crippen molar-refractivity contribution in [3.05, 3.63) is 39.8 Å². The van der Waals surface area contributed by atoms with Crippen LogP contribution < -0.4 is 11.1 Å². The van der Waals surface area contributed by atoms with Crippen LogP contribution in [0.4, 0.5) is 5.69 Å². The normalized spacial score (nSPS) is 10.2. The zero-order valence-corrected chi connectivity index (χ0v) is 11.0.